The number of amides is 1. The van der Waals surface area contributed by atoms with E-state index in [2.05, 4.69) is 25.3 Å². The first-order valence-corrected chi connectivity index (χ1v) is 10.6. The minimum Gasteiger partial charge on any atom is -0.496 e. The number of carbonyl (C=O) groups excluding carboxylic acids is 1. The molecule has 0 radical (unpaired) electrons. The van der Waals surface area contributed by atoms with Crippen molar-refractivity contribution in [2.75, 3.05) is 24.4 Å². The summed E-state index contributed by atoms with van der Waals surface area (Å²) in [5, 5.41) is 8.32. The predicted molar refractivity (Wildman–Crippen MR) is 124 cm³/mol. The number of hydrogen-bond acceptors (Lipinski definition) is 6. The molecule has 9 heteroatoms. The molecule has 1 N–H and O–H groups in total. The van der Waals surface area contributed by atoms with E-state index in [0.717, 1.165) is 29.4 Å². The molecule has 0 unspecified atom stereocenters. The molecule has 0 atom stereocenters. The van der Waals surface area contributed by atoms with E-state index in [1.54, 1.807) is 12.1 Å². The smallest absolute Gasteiger partial charge is 0.274 e. The highest BCUT2D eigenvalue weighted by Gasteiger charge is 2.30. The normalized spacial score (nSPS) is 13.2. The molecule has 2 aromatic carbocycles. The van der Waals surface area contributed by atoms with Crippen molar-refractivity contribution in [1.82, 2.24) is 19.7 Å². The fraction of sp³-hybridized carbons (Fsp3) is 0.250. The maximum absolute atomic E-state index is 14.5. The second kappa shape index (κ2) is 8.16. The molecule has 0 aliphatic heterocycles. The summed E-state index contributed by atoms with van der Waals surface area (Å²) < 4.78 is 21.6. The average molecular weight is 446 g/mol. The van der Waals surface area contributed by atoms with Gasteiger partial charge in [0.1, 0.15) is 17.3 Å². The number of fused-ring (bicyclic) bond motifs is 1. The second-order valence-corrected chi connectivity index (χ2v) is 8.04. The number of benzene rings is 2. The molecular formula is C24H23FN6O2. The Morgan fingerprint density at radius 3 is 2.82 bits per heavy atom. The number of halogens is 1. The van der Waals surface area contributed by atoms with E-state index in [0.29, 0.717) is 17.5 Å². The van der Waals surface area contributed by atoms with Gasteiger partial charge in [-0.25, -0.2) is 14.4 Å². The quantitative estimate of drug-likeness (QED) is 0.481. The van der Waals surface area contributed by atoms with Gasteiger partial charge in [-0.2, -0.15) is 5.10 Å². The summed E-state index contributed by atoms with van der Waals surface area (Å²) in [4.78, 5) is 23.8. The molecule has 33 heavy (non-hydrogen) atoms. The molecule has 4 aromatic rings. The highest BCUT2D eigenvalue weighted by molar-refractivity contribution is 6.09. The Bertz CT molecular complexity index is 1360. The van der Waals surface area contributed by atoms with Gasteiger partial charge in [-0.05, 0) is 43.2 Å². The van der Waals surface area contributed by atoms with Crippen molar-refractivity contribution in [3.63, 3.8) is 0 Å². The largest absolute Gasteiger partial charge is 0.496 e. The Labute approximate surface area is 190 Å². The number of aromatic nitrogens is 4. The lowest BCUT2D eigenvalue weighted by Crippen LogP contribution is -2.23. The van der Waals surface area contributed by atoms with Gasteiger partial charge in [0.2, 0.25) is 0 Å². The topological polar surface area (TPSA) is 85.2 Å². The van der Waals surface area contributed by atoms with Crippen molar-refractivity contribution in [1.29, 1.82) is 0 Å². The van der Waals surface area contributed by atoms with E-state index >= 15 is 0 Å². The van der Waals surface area contributed by atoms with Crippen LogP contribution in [0, 0.1) is 5.82 Å². The molecule has 1 amide bonds. The van der Waals surface area contributed by atoms with Gasteiger partial charge in [0.15, 0.2) is 5.82 Å². The highest BCUT2D eigenvalue weighted by atomic mass is 19.1. The van der Waals surface area contributed by atoms with Crippen LogP contribution in [0.15, 0.2) is 48.8 Å². The van der Waals surface area contributed by atoms with Gasteiger partial charge >= 0.3 is 0 Å². The zero-order valence-electron chi connectivity index (χ0n) is 18.5. The predicted octanol–water partition coefficient (Wildman–Crippen LogP) is 4.03. The molecule has 1 saturated carbocycles. The third kappa shape index (κ3) is 3.75. The van der Waals surface area contributed by atoms with Gasteiger partial charge in [0.25, 0.3) is 5.91 Å². The summed E-state index contributed by atoms with van der Waals surface area (Å²) in [5.41, 5.74) is 2.80. The maximum Gasteiger partial charge on any atom is 0.274 e. The lowest BCUT2D eigenvalue weighted by Gasteiger charge is -2.23. The number of methoxy groups -OCH3 is 1. The zero-order valence-corrected chi connectivity index (χ0v) is 18.5. The van der Waals surface area contributed by atoms with E-state index < -0.39 is 11.7 Å². The van der Waals surface area contributed by atoms with Gasteiger partial charge in [0.05, 0.1) is 35.8 Å². The van der Waals surface area contributed by atoms with E-state index in [4.69, 9.17) is 4.74 Å². The Kier molecular flexibility index (Phi) is 5.16. The van der Waals surface area contributed by atoms with E-state index in [-0.39, 0.29) is 17.1 Å². The molecular weight excluding hydrogens is 423 g/mol. The average Bonchev–Trinajstić information content (AvgIpc) is 3.61. The van der Waals surface area contributed by atoms with Crippen molar-refractivity contribution in [3.05, 3.63) is 60.3 Å². The first kappa shape index (κ1) is 20.9. The first-order chi connectivity index (χ1) is 16.0. The number of nitrogens with one attached hydrogen (secondary N) is 1. The van der Waals surface area contributed by atoms with Crippen LogP contribution in [0.25, 0.3) is 22.3 Å². The fourth-order valence-corrected chi connectivity index (χ4v) is 4.02. The van der Waals surface area contributed by atoms with Crippen molar-refractivity contribution in [2.45, 2.75) is 18.9 Å². The zero-order chi connectivity index (χ0) is 23.1. The van der Waals surface area contributed by atoms with Crippen LogP contribution in [0.1, 0.15) is 23.3 Å². The molecule has 5 rings (SSSR count). The molecule has 2 heterocycles. The minimum absolute atomic E-state index is 0.0793. The van der Waals surface area contributed by atoms with Crippen molar-refractivity contribution in [3.8, 4) is 17.1 Å². The van der Waals surface area contributed by atoms with Gasteiger partial charge in [-0.3, -0.25) is 9.48 Å². The third-order valence-corrected chi connectivity index (χ3v) is 5.91. The van der Waals surface area contributed by atoms with Gasteiger partial charge in [0, 0.05) is 31.7 Å². The molecule has 8 nitrogen and oxygen atoms in total. The summed E-state index contributed by atoms with van der Waals surface area (Å²) in [6.07, 6.45) is 5.47. The van der Waals surface area contributed by atoms with Gasteiger partial charge in [-0.1, -0.05) is 6.07 Å². The van der Waals surface area contributed by atoms with E-state index in [1.165, 1.54) is 25.4 Å². The van der Waals surface area contributed by atoms with Crippen LogP contribution < -0.4 is 15.0 Å². The summed E-state index contributed by atoms with van der Waals surface area (Å²) >= 11 is 0. The Morgan fingerprint density at radius 2 is 2.06 bits per heavy atom. The fourth-order valence-electron chi connectivity index (χ4n) is 4.02. The van der Waals surface area contributed by atoms with Crippen LogP contribution in [-0.4, -0.2) is 45.9 Å². The molecule has 1 fully saturated rings. The van der Waals surface area contributed by atoms with Crippen LogP contribution in [0.2, 0.25) is 0 Å². The molecule has 1 aliphatic carbocycles. The number of carbonyl (C=O) groups is 1. The summed E-state index contributed by atoms with van der Waals surface area (Å²) in [6, 6.07) is 10.2. The lowest BCUT2D eigenvalue weighted by atomic mass is 10.1. The molecule has 2 aromatic heterocycles. The third-order valence-electron chi connectivity index (χ3n) is 5.91. The van der Waals surface area contributed by atoms with Crippen molar-refractivity contribution in [2.24, 2.45) is 7.05 Å². The molecule has 1 aliphatic rings. The van der Waals surface area contributed by atoms with Gasteiger partial charge < -0.3 is 15.0 Å². The number of rotatable bonds is 6. The van der Waals surface area contributed by atoms with Crippen molar-refractivity contribution < 1.29 is 13.9 Å². The first-order valence-electron chi connectivity index (χ1n) is 10.6. The second-order valence-electron chi connectivity index (χ2n) is 8.04. The molecule has 0 spiro atoms. The molecule has 0 bridgehead atoms. The van der Waals surface area contributed by atoms with Crippen LogP contribution in [0.5, 0.6) is 5.75 Å². The van der Waals surface area contributed by atoms with Crippen LogP contribution in [0.4, 0.5) is 15.8 Å². The summed E-state index contributed by atoms with van der Waals surface area (Å²) in [7, 11) is 5.37. The SMILES string of the molecule is COc1cccc(F)c1-c1nccc(C(=O)Nc2ccc3c(cnn3C)c2N(C)C2CC2)n1. The van der Waals surface area contributed by atoms with Gasteiger partial charge in [-0.15, -0.1) is 0 Å². The Balaban J connectivity index is 1.51. The number of anilines is 2. The Morgan fingerprint density at radius 1 is 1.24 bits per heavy atom. The lowest BCUT2D eigenvalue weighted by molar-refractivity contribution is 0.102. The minimum atomic E-state index is -0.526. The summed E-state index contributed by atoms with van der Waals surface area (Å²) in [6.45, 7) is 0. The van der Waals surface area contributed by atoms with Crippen molar-refractivity contribution >= 4 is 28.2 Å². The Hall–Kier alpha value is -4.01. The monoisotopic (exact) mass is 446 g/mol. The number of aryl methyl sites for hydroxylation is 1. The summed E-state index contributed by atoms with van der Waals surface area (Å²) in [5.74, 6) is -0.566. The molecule has 168 valence electrons. The maximum atomic E-state index is 14.5. The molecule has 0 saturated heterocycles. The van der Waals surface area contributed by atoms with Crippen LogP contribution >= 0.6 is 0 Å². The van der Waals surface area contributed by atoms with E-state index in [1.807, 2.05) is 37.1 Å². The van der Waals surface area contributed by atoms with Crippen LogP contribution in [0.3, 0.4) is 0 Å². The number of hydrogen-bond donors (Lipinski definition) is 1. The van der Waals surface area contributed by atoms with Crippen LogP contribution in [-0.2, 0) is 7.05 Å². The number of ether oxygens (including phenoxy) is 1. The highest BCUT2D eigenvalue weighted by Crippen LogP contribution is 2.40. The van der Waals surface area contributed by atoms with E-state index in [9.17, 15) is 9.18 Å². The standard InChI is InChI=1S/C24H23FN6O2/c1-30(14-7-8-14)22-15-13-27-31(2)19(15)10-9-17(22)29-24(32)18-11-12-26-23(28-18)21-16(25)5-4-6-20(21)33-3/h4-6,9-14H,7-8H2,1-3H3,(H,29,32). The number of nitrogens with zero attached hydrogens (tertiary/aromatic N) is 5.